The minimum atomic E-state index is 0.146. The van der Waals surface area contributed by atoms with Crippen LogP contribution >= 0.6 is 0 Å². The number of hydrogen-bond acceptors (Lipinski definition) is 10. The number of rotatable bonds is 16. The van der Waals surface area contributed by atoms with Gasteiger partial charge in [-0.05, 0) is 119 Å². The molecule has 8 bridgehead atoms. The number of methoxy groups -OCH3 is 4. The molecule has 64 heavy (non-hydrogen) atoms. The van der Waals surface area contributed by atoms with E-state index in [1.807, 2.05) is 97.1 Å². The summed E-state index contributed by atoms with van der Waals surface area (Å²) in [6.07, 6.45) is 8.27. The summed E-state index contributed by atoms with van der Waals surface area (Å²) in [4.78, 5) is 18.4. The van der Waals surface area contributed by atoms with Crippen LogP contribution in [0.2, 0.25) is 0 Å². The lowest BCUT2D eigenvalue weighted by Gasteiger charge is -2.09. The van der Waals surface area contributed by atoms with Crippen molar-refractivity contribution in [1.82, 2.24) is 19.9 Å². The highest BCUT2D eigenvalue weighted by Gasteiger charge is 2.19. The summed E-state index contributed by atoms with van der Waals surface area (Å²) in [5, 5.41) is 0. The van der Waals surface area contributed by atoms with Gasteiger partial charge in [0.15, 0.2) is 27.2 Å². The van der Waals surface area contributed by atoms with Gasteiger partial charge in [-0.1, -0.05) is 48.5 Å². The number of aromatic nitrogens is 4. The second kappa shape index (κ2) is 19.3. The van der Waals surface area contributed by atoms with E-state index >= 15 is 0 Å². The van der Waals surface area contributed by atoms with Gasteiger partial charge in [-0.15, -0.1) is 0 Å². The maximum atomic E-state index is 5.77. The molecule has 7 aromatic rings. The highest BCUT2D eigenvalue weighted by molar-refractivity contribution is 6.00. The van der Waals surface area contributed by atoms with Crippen LogP contribution in [0.1, 0.15) is 22.8 Å². The third kappa shape index (κ3) is 8.89. The minimum Gasteiger partial charge on any atom is -0.468 e. The first kappa shape index (κ1) is 41.9. The number of H-pyrrole nitrogens is 2. The normalized spacial score (nSPS) is 11.8. The SMILES string of the molecule is COCOc1ccc(-c2c3nc(c(-c4ccc(OCOC)cc4)c4ccc([nH]4)c(-c4ccc(OCOC)cc4)c4nc(c(-c5ccc(OCOC)cc5)c5ccc2[nH]5)C=C4)C=C3)cc1. The van der Waals surface area contributed by atoms with E-state index in [9.17, 15) is 0 Å². The van der Waals surface area contributed by atoms with Crippen LogP contribution in [0.4, 0.5) is 0 Å². The summed E-state index contributed by atoms with van der Waals surface area (Å²) >= 11 is 0. The van der Waals surface area contributed by atoms with Gasteiger partial charge < -0.3 is 47.9 Å². The molecule has 0 saturated heterocycles. The molecule has 4 aromatic carbocycles. The third-order valence-corrected chi connectivity index (χ3v) is 10.7. The maximum Gasteiger partial charge on any atom is 0.188 e. The van der Waals surface area contributed by atoms with Gasteiger partial charge in [0.25, 0.3) is 0 Å². The van der Waals surface area contributed by atoms with Gasteiger partial charge in [0, 0.05) is 72.8 Å². The van der Waals surface area contributed by atoms with Crippen LogP contribution in [0, 0.1) is 0 Å². The summed E-state index contributed by atoms with van der Waals surface area (Å²) in [6, 6.07) is 40.2. The first-order valence-corrected chi connectivity index (χ1v) is 20.6. The number of fused-ring (bicyclic) bond motifs is 8. The number of nitrogens with one attached hydrogen (secondary N) is 2. The molecule has 5 heterocycles. The van der Waals surface area contributed by atoms with E-state index in [1.165, 1.54) is 0 Å². The summed E-state index contributed by atoms with van der Waals surface area (Å²) in [5.74, 6) is 2.77. The lowest BCUT2D eigenvalue weighted by atomic mass is 10.0. The predicted molar refractivity (Wildman–Crippen MR) is 251 cm³/mol. The van der Waals surface area contributed by atoms with Crippen molar-refractivity contribution in [3.05, 3.63) is 144 Å². The second-order valence-corrected chi connectivity index (χ2v) is 14.8. The highest BCUT2D eigenvalue weighted by Crippen LogP contribution is 2.39. The van der Waals surface area contributed by atoms with Crippen LogP contribution in [-0.4, -0.2) is 75.5 Å². The summed E-state index contributed by atoms with van der Waals surface area (Å²) in [7, 11) is 6.41. The molecule has 9 rings (SSSR count). The van der Waals surface area contributed by atoms with E-state index in [0.717, 1.165) is 89.4 Å². The van der Waals surface area contributed by atoms with Crippen LogP contribution < -0.4 is 18.9 Å². The molecule has 12 nitrogen and oxygen atoms in total. The molecule has 322 valence electrons. The monoisotopic (exact) mass is 854 g/mol. The predicted octanol–water partition coefficient (Wildman–Crippen LogP) is 11.3. The number of nitrogens with zero attached hydrogens (tertiary/aromatic N) is 2. The number of ether oxygens (including phenoxy) is 8. The molecule has 0 radical (unpaired) electrons. The van der Waals surface area contributed by atoms with Gasteiger partial charge in [-0.3, -0.25) is 0 Å². The zero-order valence-electron chi connectivity index (χ0n) is 35.8. The quantitative estimate of drug-likeness (QED) is 0.0906. The Bertz CT molecular complexity index is 2580. The molecule has 2 aliphatic heterocycles. The molecule has 0 saturated carbocycles. The van der Waals surface area contributed by atoms with E-state index in [1.54, 1.807) is 28.4 Å². The van der Waals surface area contributed by atoms with Gasteiger partial charge in [-0.2, -0.15) is 0 Å². The van der Waals surface area contributed by atoms with Gasteiger partial charge in [0.05, 0.1) is 22.8 Å². The van der Waals surface area contributed by atoms with Gasteiger partial charge >= 0.3 is 0 Å². The lowest BCUT2D eigenvalue weighted by Crippen LogP contribution is -1.98. The standard InChI is InChI=1S/C52H46N4O8/c1-57-29-61-37-13-5-33(6-14-37)49-41-21-23-43(53-41)50(34-7-15-38(16-8-34)62-30-58-2)45-25-27-47(55-45)52(36-11-19-40(20-12-36)64-32-60-4)48-28-26-46(56-48)51(44-24-22-42(49)54-44)35-9-17-39(18-10-35)63-31-59-3/h5-28,53,56H,29-32H2,1-4H3. The van der Waals surface area contributed by atoms with E-state index in [4.69, 9.17) is 47.9 Å². The van der Waals surface area contributed by atoms with Crippen molar-refractivity contribution in [2.24, 2.45) is 0 Å². The van der Waals surface area contributed by atoms with Crippen molar-refractivity contribution >= 4 is 46.4 Å². The zero-order valence-corrected chi connectivity index (χ0v) is 35.8. The Labute approximate surface area is 370 Å². The Hall–Kier alpha value is -7.48. The smallest absolute Gasteiger partial charge is 0.188 e. The molecular weight excluding hydrogens is 809 g/mol. The zero-order chi connectivity index (χ0) is 43.8. The van der Waals surface area contributed by atoms with Crippen molar-refractivity contribution in [2.45, 2.75) is 0 Å². The molecule has 0 fully saturated rings. The first-order valence-electron chi connectivity index (χ1n) is 20.6. The Morgan fingerprint density at radius 2 is 0.531 bits per heavy atom. The summed E-state index contributed by atoms with van der Waals surface area (Å²) in [5.41, 5.74) is 14.0. The van der Waals surface area contributed by atoms with E-state index in [0.29, 0.717) is 23.0 Å². The molecule has 0 aliphatic carbocycles. The maximum absolute atomic E-state index is 5.77. The fourth-order valence-corrected chi connectivity index (χ4v) is 7.80. The number of aromatic amines is 2. The minimum absolute atomic E-state index is 0.146. The van der Waals surface area contributed by atoms with E-state index < -0.39 is 0 Å². The summed E-state index contributed by atoms with van der Waals surface area (Å²) < 4.78 is 43.7. The fourth-order valence-electron chi connectivity index (χ4n) is 7.80. The molecule has 2 aliphatic rings. The molecule has 0 amide bonds. The molecular formula is C52H46N4O8. The van der Waals surface area contributed by atoms with Gasteiger partial charge in [0.2, 0.25) is 0 Å². The van der Waals surface area contributed by atoms with E-state index in [2.05, 4.69) is 58.5 Å². The van der Waals surface area contributed by atoms with Crippen molar-refractivity contribution in [2.75, 3.05) is 55.6 Å². The molecule has 2 N–H and O–H groups in total. The molecule has 0 spiro atoms. The Morgan fingerprint density at radius 1 is 0.312 bits per heavy atom. The highest BCUT2D eigenvalue weighted by atomic mass is 16.7. The van der Waals surface area contributed by atoms with Crippen LogP contribution in [0.3, 0.4) is 0 Å². The topological polar surface area (TPSA) is 131 Å². The van der Waals surface area contributed by atoms with Crippen LogP contribution in [0.15, 0.2) is 121 Å². The number of benzene rings is 4. The van der Waals surface area contributed by atoms with Crippen molar-refractivity contribution in [3.63, 3.8) is 0 Å². The molecule has 0 atom stereocenters. The largest absolute Gasteiger partial charge is 0.468 e. The van der Waals surface area contributed by atoms with E-state index in [-0.39, 0.29) is 27.2 Å². The van der Waals surface area contributed by atoms with Crippen LogP contribution in [-0.2, 0) is 18.9 Å². The summed E-state index contributed by atoms with van der Waals surface area (Å²) in [6.45, 7) is 0.584. The number of hydrogen-bond donors (Lipinski definition) is 2. The molecule has 0 unspecified atom stereocenters. The Kier molecular flexibility index (Phi) is 12.6. The third-order valence-electron chi connectivity index (χ3n) is 10.7. The average Bonchev–Trinajstić information content (AvgIpc) is 4.19. The lowest BCUT2D eigenvalue weighted by molar-refractivity contribution is 0.0510. The van der Waals surface area contributed by atoms with Crippen molar-refractivity contribution < 1.29 is 37.9 Å². The Balaban J connectivity index is 1.36. The van der Waals surface area contributed by atoms with Crippen LogP contribution in [0.5, 0.6) is 23.0 Å². The van der Waals surface area contributed by atoms with Crippen molar-refractivity contribution in [1.29, 1.82) is 0 Å². The average molecular weight is 855 g/mol. The first-order chi connectivity index (χ1) is 31.5. The fraction of sp³-hybridized carbons (Fsp3) is 0.154. The second-order valence-electron chi connectivity index (χ2n) is 14.8. The molecule has 12 heteroatoms. The van der Waals surface area contributed by atoms with Gasteiger partial charge in [0.1, 0.15) is 23.0 Å². The van der Waals surface area contributed by atoms with Crippen LogP contribution in [0.25, 0.3) is 90.9 Å². The Morgan fingerprint density at radius 3 is 0.734 bits per heavy atom. The van der Waals surface area contributed by atoms with Crippen molar-refractivity contribution in [3.8, 4) is 67.5 Å². The van der Waals surface area contributed by atoms with Gasteiger partial charge in [-0.25, -0.2) is 9.97 Å². The molecule has 3 aromatic heterocycles.